The maximum atomic E-state index is 14.1. The van der Waals surface area contributed by atoms with Crippen LogP contribution in [-0.2, 0) is 5.92 Å². The van der Waals surface area contributed by atoms with E-state index in [4.69, 9.17) is 4.42 Å². The lowest BCUT2D eigenvalue weighted by molar-refractivity contribution is -0.0212. The van der Waals surface area contributed by atoms with Crippen molar-refractivity contribution in [3.05, 3.63) is 30.2 Å². The third-order valence-electron chi connectivity index (χ3n) is 3.42. The fraction of sp³-hybridized carbons (Fsp3) is 0.462. The quantitative estimate of drug-likeness (QED) is 0.912. The van der Waals surface area contributed by atoms with Crippen molar-refractivity contribution in [1.82, 2.24) is 10.3 Å². The Morgan fingerprint density at radius 1 is 1.44 bits per heavy atom. The van der Waals surface area contributed by atoms with Crippen molar-refractivity contribution in [2.24, 2.45) is 0 Å². The number of fused-ring (bicyclic) bond motifs is 1. The minimum Gasteiger partial charge on any atom is -0.443 e. The summed E-state index contributed by atoms with van der Waals surface area (Å²) >= 11 is 0. The molecule has 0 bridgehead atoms. The fourth-order valence-electron chi connectivity index (χ4n) is 2.44. The molecular weight excluding hydrogens is 238 g/mol. The molecule has 96 valence electrons. The monoisotopic (exact) mass is 252 g/mol. The van der Waals surface area contributed by atoms with E-state index in [1.807, 2.05) is 0 Å². The fourth-order valence-corrected chi connectivity index (χ4v) is 2.44. The average Bonchev–Trinajstić information content (AvgIpc) is 2.97. The number of rotatable bonds is 3. The molecule has 1 unspecified atom stereocenters. The van der Waals surface area contributed by atoms with Gasteiger partial charge in [0, 0.05) is 18.0 Å². The van der Waals surface area contributed by atoms with Crippen LogP contribution in [0.3, 0.4) is 0 Å². The highest BCUT2D eigenvalue weighted by molar-refractivity contribution is 5.73. The zero-order valence-electron chi connectivity index (χ0n) is 9.83. The van der Waals surface area contributed by atoms with Gasteiger partial charge in [-0.05, 0) is 31.5 Å². The Labute approximate surface area is 103 Å². The van der Waals surface area contributed by atoms with Crippen LogP contribution in [0.4, 0.5) is 8.78 Å². The summed E-state index contributed by atoms with van der Waals surface area (Å²) in [6.07, 6.45) is 2.90. The van der Waals surface area contributed by atoms with Crippen LogP contribution in [0.15, 0.2) is 29.0 Å². The van der Waals surface area contributed by atoms with E-state index < -0.39 is 5.92 Å². The smallest absolute Gasteiger partial charge is 0.274 e. The van der Waals surface area contributed by atoms with Gasteiger partial charge in [0.15, 0.2) is 12.0 Å². The van der Waals surface area contributed by atoms with Crippen LogP contribution in [0, 0.1) is 0 Å². The van der Waals surface area contributed by atoms with Crippen molar-refractivity contribution in [3.63, 3.8) is 0 Å². The number of aromatic nitrogens is 1. The van der Waals surface area contributed by atoms with Gasteiger partial charge in [-0.2, -0.15) is 0 Å². The number of benzene rings is 1. The number of hydrogen-bond donors (Lipinski definition) is 1. The van der Waals surface area contributed by atoms with Crippen LogP contribution in [0.25, 0.3) is 11.1 Å². The van der Waals surface area contributed by atoms with E-state index in [9.17, 15) is 8.78 Å². The number of nitrogens with zero attached hydrogens (tertiary/aromatic N) is 1. The van der Waals surface area contributed by atoms with Crippen LogP contribution < -0.4 is 5.32 Å². The minimum absolute atomic E-state index is 0.000417. The molecule has 2 aromatic rings. The minimum atomic E-state index is -2.83. The lowest BCUT2D eigenvalue weighted by Gasteiger charge is -2.20. The highest BCUT2D eigenvalue weighted by Gasteiger charge is 2.36. The van der Waals surface area contributed by atoms with Gasteiger partial charge in [0.05, 0.1) is 0 Å². The summed E-state index contributed by atoms with van der Waals surface area (Å²) in [5, 5.41) is 3.10. The molecular formula is C13H14F2N2O. The number of alkyl halides is 2. The van der Waals surface area contributed by atoms with Gasteiger partial charge in [0.25, 0.3) is 5.92 Å². The molecule has 0 aliphatic carbocycles. The van der Waals surface area contributed by atoms with Crippen molar-refractivity contribution in [3.8, 4) is 0 Å². The molecule has 3 nitrogen and oxygen atoms in total. The molecule has 0 spiro atoms. The second kappa shape index (κ2) is 4.31. The van der Waals surface area contributed by atoms with Gasteiger partial charge < -0.3 is 9.73 Å². The largest absolute Gasteiger partial charge is 0.443 e. The van der Waals surface area contributed by atoms with Crippen LogP contribution in [0.5, 0.6) is 0 Å². The number of halogens is 2. The van der Waals surface area contributed by atoms with E-state index in [2.05, 4.69) is 10.3 Å². The van der Waals surface area contributed by atoms with E-state index >= 15 is 0 Å². The second-order valence-corrected chi connectivity index (χ2v) is 4.74. The maximum Gasteiger partial charge on any atom is 0.274 e. The molecule has 0 saturated carbocycles. The topological polar surface area (TPSA) is 38.1 Å². The standard InChI is InChI=1S/C13H14F2N2O/c14-13(15,7-10-2-1-5-16-10)9-3-4-11-12(6-9)18-8-17-11/h3-4,6,8,10,16H,1-2,5,7H2. The maximum absolute atomic E-state index is 14.1. The summed E-state index contributed by atoms with van der Waals surface area (Å²) in [5.74, 6) is -2.83. The predicted molar refractivity (Wildman–Crippen MR) is 63.5 cm³/mol. The summed E-state index contributed by atoms with van der Waals surface area (Å²) in [5.41, 5.74) is 1.01. The summed E-state index contributed by atoms with van der Waals surface area (Å²) < 4.78 is 33.3. The van der Waals surface area contributed by atoms with Crippen LogP contribution in [-0.4, -0.2) is 17.6 Å². The molecule has 1 aromatic carbocycles. The normalized spacial score (nSPS) is 20.7. The summed E-state index contributed by atoms with van der Waals surface area (Å²) in [7, 11) is 0. The van der Waals surface area contributed by atoms with Crippen LogP contribution in [0.1, 0.15) is 24.8 Å². The molecule has 18 heavy (non-hydrogen) atoms. The summed E-state index contributed by atoms with van der Waals surface area (Å²) in [4.78, 5) is 3.92. The van der Waals surface area contributed by atoms with E-state index in [0.717, 1.165) is 19.4 Å². The highest BCUT2D eigenvalue weighted by atomic mass is 19.3. The SMILES string of the molecule is FC(F)(CC1CCCN1)c1ccc2ncoc2c1. The Kier molecular flexibility index (Phi) is 2.78. The molecule has 0 amide bonds. The Hall–Kier alpha value is -1.49. The van der Waals surface area contributed by atoms with Crippen LogP contribution in [0.2, 0.25) is 0 Å². The summed E-state index contributed by atoms with van der Waals surface area (Å²) in [6, 6.07) is 4.30. The molecule has 2 heterocycles. The van der Waals surface area contributed by atoms with Crippen molar-refractivity contribution >= 4 is 11.1 Å². The first-order chi connectivity index (χ1) is 8.65. The predicted octanol–water partition coefficient (Wildman–Crippen LogP) is 3.06. The van der Waals surface area contributed by atoms with Crippen molar-refractivity contribution in [1.29, 1.82) is 0 Å². The number of nitrogens with one attached hydrogen (secondary N) is 1. The molecule has 1 atom stereocenters. The van der Waals surface area contributed by atoms with Gasteiger partial charge >= 0.3 is 0 Å². The Morgan fingerprint density at radius 3 is 3.11 bits per heavy atom. The first-order valence-corrected chi connectivity index (χ1v) is 6.10. The van der Waals surface area contributed by atoms with Gasteiger partial charge in [0.2, 0.25) is 0 Å². The second-order valence-electron chi connectivity index (χ2n) is 4.74. The van der Waals surface area contributed by atoms with Gasteiger partial charge in [-0.25, -0.2) is 13.8 Å². The molecule has 1 aliphatic rings. The molecule has 3 rings (SSSR count). The first-order valence-electron chi connectivity index (χ1n) is 6.10. The van der Waals surface area contributed by atoms with Gasteiger partial charge in [-0.15, -0.1) is 0 Å². The van der Waals surface area contributed by atoms with E-state index in [-0.39, 0.29) is 18.0 Å². The first kappa shape index (κ1) is 11.6. The Balaban J connectivity index is 1.86. The van der Waals surface area contributed by atoms with Crippen molar-refractivity contribution < 1.29 is 13.2 Å². The van der Waals surface area contributed by atoms with Gasteiger partial charge in [-0.3, -0.25) is 0 Å². The third-order valence-corrected chi connectivity index (χ3v) is 3.42. The van der Waals surface area contributed by atoms with Crippen molar-refractivity contribution in [2.75, 3.05) is 6.54 Å². The third kappa shape index (κ3) is 2.10. The lowest BCUT2D eigenvalue weighted by Crippen LogP contribution is -2.29. The van der Waals surface area contributed by atoms with Gasteiger partial charge in [-0.1, -0.05) is 6.07 Å². The Morgan fingerprint density at radius 2 is 2.33 bits per heavy atom. The average molecular weight is 252 g/mol. The van der Waals surface area contributed by atoms with Crippen molar-refractivity contribution in [2.45, 2.75) is 31.2 Å². The molecule has 0 radical (unpaired) electrons. The highest BCUT2D eigenvalue weighted by Crippen LogP contribution is 2.35. The molecule has 1 fully saturated rings. The molecule has 1 aliphatic heterocycles. The van der Waals surface area contributed by atoms with E-state index in [0.29, 0.717) is 11.1 Å². The van der Waals surface area contributed by atoms with Gasteiger partial charge in [0.1, 0.15) is 5.52 Å². The number of hydrogen-bond acceptors (Lipinski definition) is 3. The molecule has 5 heteroatoms. The molecule has 1 N–H and O–H groups in total. The van der Waals surface area contributed by atoms with E-state index in [1.165, 1.54) is 18.5 Å². The van der Waals surface area contributed by atoms with Crippen LogP contribution >= 0.6 is 0 Å². The summed E-state index contributed by atoms with van der Waals surface area (Å²) in [6.45, 7) is 0.835. The zero-order valence-corrected chi connectivity index (χ0v) is 9.83. The Bertz CT molecular complexity index is 547. The lowest BCUT2D eigenvalue weighted by atomic mass is 10.00. The number of oxazole rings is 1. The molecule has 1 aromatic heterocycles. The van der Waals surface area contributed by atoms with E-state index in [1.54, 1.807) is 6.07 Å². The zero-order chi connectivity index (χ0) is 12.6. The molecule has 1 saturated heterocycles.